The number of aryl methyl sites for hydroxylation is 1. The minimum atomic E-state index is -0.180. The molecule has 2 rings (SSSR count). The molecule has 0 radical (unpaired) electrons. The number of unbranched alkanes of at least 4 members (excludes halogenated alkanes) is 1. The maximum Gasteiger partial charge on any atom is 0.255 e. The molecule has 0 aliphatic heterocycles. The Balaban J connectivity index is 2.01. The number of carbonyl (C=O) groups is 1. The number of aromatic nitrogens is 1. The first-order valence-electron chi connectivity index (χ1n) is 6.81. The van der Waals surface area contributed by atoms with Crippen molar-refractivity contribution >= 4 is 17.4 Å². The van der Waals surface area contributed by atoms with E-state index in [9.17, 15) is 4.79 Å². The summed E-state index contributed by atoms with van der Waals surface area (Å²) in [6, 6.07) is 11.1. The maximum atomic E-state index is 12.0. The minimum Gasteiger partial charge on any atom is -0.384 e. The average molecular weight is 269 g/mol. The molecule has 1 aromatic carbocycles. The third kappa shape index (κ3) is 3.82. The number of carbonyl (C=O) groups excluding carboxylic acids is 1. The van der Waals surface area contributed by atoms with E-state index in [4.69, 9.17) is 5.73 Å². The van der Waals surface area contributed by atoms with Crippen LogP contribution in [-0.4, -0.2) is 10.9 Å². The van der Waals surface area contributed by atoms with Gasteiger partial charge >= 0.3 is 0 Å². The SMILES string of the molecule is CCCCc1ccc(NC(=O)c2ccnc(N)c2)cc1. The van der Waals surface area contributed by atoms with Crippen molar-refractivity contribution in [3.63, 3.8) is 0 Å². The first-order valence-corrected chi connectivity index (χ1v) is 6.81. The third-order valence-corrected chi connectivity index (χ3v) is 3.07. The van der Waals surface area contributed by atoms with Crippen LogP contribution in [-0.2, 0) is 6.42 Å². The number of hydrogen-bond acceptors (Lipinski definition) is 3. The average Bonchev–Trinajstić information content (AvgIpc) is 2.46. The number of pyridine rings is 1. The van der Waals surface area contributed by atoms with Crippen molar-refractivity contribution in [2.75, 3.05) is 11.1 Å². The highest BCUT2D eigenvalue weighted by molar-refractivity contribution is 6.04. The highest BCUT2D eigenvalue weighted by Gasteiger charge is 2.06. The first kappa shape index (κ1) is 14.1. The largest absolute Gasteiger partial charge is 0.384 e. The van der Waals surface area contributed by atoms with E-state index in [0.717, 1.165) is 12.1 Å². The summed E-state index contributed by atoms with van der Waals surface area (Å²) in [5, 5.41) is 2.85. The summed E-state index contributed by atoms with van der Waals surface area (Å²) in [4.78, 5) is 15.9. The van der Waals surface area contributed by atoms with E-state index in [-0.39, 0.29) is 5.91 Å². The molecule has 4 nitrogen and oxygen atoms in total. The molecular weight excluding hydrogens is 250 g/mol. The summed E-state index contributed by atoms with van der Waals surface area (Å²) >= 11 is 0. The Kier molecular flexibility index (Phi) is 4.71. The predicted octanol–water partition coefficient (Wildman–Crippen LogP) is 3.26. The first-order chi connectivity index (χ1) is 9.69. The van der Waals surface area contributed by atoms with Crippen LogP contribution < -0.4 is 11.1 Å². The van der Waals surface area contributed by atoms with Crippen molar-refractivity contribution in [2.24, 2.45) is 0 Å². The molecule has 0 saturated heterocycles. The Labute approximate surface area is 119 Å². The van der Waals surface area contributed by atoms with Gasteiger partial charge in [0.1, 0.15) is 5.82 Å². The lowest BCUT2D eigenvalue weighted by Gasteiger charge is -2.07. The van der Waals surface area contributed by atoms with Crippen molar-refractivity contribution in [3.8, 4) is 0 Å². The van der Waals surface area contributed by atoms with Crippen LogP contribution >= 0.6 is 0 Å². The number of anilines is 2. The summed E-state index contributed by atoms with van der Waals surface area (Å²) in [7, 11) is 0. The molecule has 0 saturated carbocycles. The van der Waals surface area contributed by atoms with E-state index >= 15 is 0 Å². The predicted molar refractivity (Wildman–Crippen MR) is 81.7 cm³/mol. The highest BCUT2D eigenvalue weighted by Crippen LogP contribution is 2.13. The van der Waals surface area contributed by atoms with Crippen LogP contribution in [0.1, 0.15) is 35.7 Å². The topological polar surface area (TPSA) is 68.0 Å². The fraction of sp³-hybridized carbons (Fsp3) is 0.250. The second-order valence-electron chi connectivity index (χ2n) is 4.72. The second-order valence-corrected chi connectivity index (χ2v) is 4.72. The van der Waals surface area contributed by atoms with Crippen molar-refractivity contribution in [1.29, 1.82) is 0 Å². The molecule has 0 aliphatic rings. The number of nitrogen functional groups attached to an aromatic ring is 1. The Hall–Kier alpha value is -2.36. The summed E-state index contributed by atoms with van der Waals surface area (Å²) < 4.78 is 0. The standard InChI is InChI=1S/C16H19N3O/c1-2-3-4-12-5-7-14(8-6-12)19-16(20)13-9-10-18-15(17)11-13/h5-11H,2-4H2,1H3,(H2,17,18)(H,19,20). The Morgan fingerprint density at radius 1 is 1.25 bits per heavy atom. The van der Waals surface area contributed by atoms with Gasteiger partial charge in [-0.3, -0.25) is 4.79 Å². The molecule has 1 heterocycles. The van der Waals surface area contributed by atoms with Gasteiger partial charge in [-0.15, -0.1) is 0 Å². The minimum absolute atomic E-state index is 0.180. The molecule has 0 bridgehead atoms. The van der Waals surface area contributed by atoms with E-state index in [2.05, 4.69) is 17.2 Å². The van der Waals surface area contributed by atoms with Crippen molar-refractivity contribution in [1.82, 2.24) is 4.98 Å². The van der Waals surface area contributed by atoms with Crippen LogP contribution in [0.2, 0.25) is 0 Å². The fourth-order valence-corrected chi connectivity index (χ4v) is 1.93. The Morgan fingerprint density at radius 2 is 2.00 bits per heavy atom. The molecule has 1 amide bonds. The number of rotatable bonds is 5. The molecule has 0 spiro atoms. The number of nitrogens with two attached hydrogens (primary N) is 1. The zero-order chi connectivity index (χ0) is 14.4. The van der Waals surface area contributed by atoms with Gasteiger partial charge < -0.3 is 11.1 Å². The van der Waals surface area contributed by atoms with Gasteiger partial charge in [0.15, 0.2) is 0 Å². The molecule has 1 aromatic heterocycles. The van der Waals surface area contributed by atoms with Crippen LogP contribution in [0.15, 0.2) is 42.6 Å². The van der Waals surface area contributed by atoms with Crippen molar-refractivity contribution < 1.29 is 4.79 Å². The second kappa shape index (κ2) is 6.70. The number of nitrogens with one attached hydrogen (secondary N) is 1. The lowest BCUT2D eigenvalue weighted by molar-refractivity contribution is 0.102. The maximum absolute atomic E-state index is 12.0. The van der Waals surface area contributed by atoms with Gasteiger partial charge in [-0.05, 0) is 42.7 Å². The van der Waals surface area contributed by atoms with Gasteiger partial charge in [-0.25, -0.2) is 4.98 Å². The van der Waals surface area contributed by atoms with E-state index in [1.807, 2.05) is 24.3 Å². The lowest BCUT2D eigenvalue weighted by Crippen LogP contribution is -2.12. The number of nitrogens with zero attached hydrogens (tertiary/aromatic N) is 1. The Morgan fingerprint density at radius 3 is 2.65 bits per heavy atom. The fourth-order valence-electron chi connectivity index (χ4n) is 1.93. The van der Waals surface area contributed by atoms with Gasteiger partial charge in [0.25, 0.3) is 5.91 Å². The third-order valence-electron chi connectivity index (χ3n) is 3.07. The quantitative estimate of drug-likeness (QED) is 0.875. The number of benzene rings is 1. The van der Waals surface area contributed by atoms with E-state index in [1.54, 1.807) is 12.1 Å². The highest BCUT2D eigenvalue weighted by atomic mass is 16.1. The van der Waals surface area contributed by atoms with E-state index in [0.29, 0.717) is 11.4 Å². The van der Waals surface area contributed by atoms with Crippen molar-refractivity contribution in [2.45, 2.75) is 26.2 Å². The van der Waals surface area contributed by atoms with E-state index < -0.39 is 0 Å². The molecule has 0 fully saturated rings. The molecule has 3 N–H and O–H groups in total. The zero-order valence-electron chi connectivity index (χ0n) is 11.6. The van der Waals surface area contributed by atoms with Crippen molar-refractivity contribution in [3.05, 3.63) is 53.7 Å². The summed E-state index contributed by atoms with van der Waals surface area (Å²) in [6.07, 6.45) is 4.97. The van der Waals surface area contributed by atoms with Crippen LogP contribution in [0, 0.1) is 0 Å². The summed E-state index contributed by atoms with van der Waals surface area (Å²) in [5.74, 6) is 0.160. The molecule has 0 atom stereocenters. The van der Waals surface area contributed by atoms with Crippen LogP contribution in [0.25, 0.3) is 0 Å². The zero-order valence-corrected chi connectivity index (χ0v) is 11.6. The van der Waals surface area contributed by atoms with Gasteiger partial charge in [-0.2, -0.15) is 0 Å². The van der Waals surface area contributed by atoms with Gasteiger partial charge in [0.2, 0.25) is 0 Å². The molecule has 4 heteroatoms. The molecular formula is C16H19N3O. The Bertz CT molecular complexity index is 579. The molecule has 0 aliphatic carbocycles. The number of hydrogen-bond donors (Lipinski definition) is 2. The van der Waals surface area contributed by atoms with Gasteiger partial charge in [0.05, 0.1) is 0 Å². The molecule has 0 unspecified atom stereocenters. The summed E-state index contributed by atoms with van der Waals surface area (Å²) in [6.45, 7) is 2.18. The normalized spacial score (nSPS) is 10.2. The smallest absolute Gasteiger partial charge is 0.255 e. The lowest BCUT2D eigenvalue weighted by atomic mass is 10.1. The van der Waals surface area contributed by atoms with Crippen LogP contribution in [0.4, 0.5) is 11.5 Å². The van der Waals surface area contributed by atoms with Crippen LogP contribution in [0.3, 0.4) is 0 Å². The monoisotopic (exact) mass is 269 g/mol. The molecule has 2 aromatic rings. The van der Waals surface area contributed by atoms with Gasteiger partial charge in [0, 0.05) is 17.4 Å². The molecule has 104 valence electrons. The number of amides is 1. The van der Waals surface area contributed by atoms with E-state index in [1.165, 1.54) is 24.6 Å². The summed E-state index contributed by atoms with van der Waals surface area (Å²) in [5.41, 5.74) is 8.14. The van der Waals surface area contributed by atoms with Gasteiger partial charge in [-0.1, -0.05) is 25.5 Å². The molecule has 20 heavy (non-hydrogen) atoms. The van der Waals surface area contributed by atoms with Crippen LogP contribution in [0.5, 0.6) is 0 Å².